The van der Waals surface area contributed by atoms with E-state index in [9.17, 15) is 9.90 Å². The van der Waals surface area contributed by atoms with Crippen molar-refractivity contribution in [3.63, 3.8) is 0 Å². The number of aliphatic hydroxyl groups is 1. The van der Waals surface area contributed by atoms with Crippen LogP contribution < -0.4 is 5.32 Å². The summed E-state index contributed by atoms with van der Waals surface area (Å²) in [7, 11) is 0. The lowest BCUT2D eigenvalue weighted by atomic mass is 10.2. The summed E-state index contributed by atoms with van der Waals surface area (Å²) in [5, 5.41) is 14.3. The van der Waals surface area contributed by atoms with Crippen LogP contribution in [0.2, 0.25) is 0 Å². The summed E-state index contributed by atoms with van der Waals surface area (Å²) in [5.41, 5.74) is 4.97. The van der Waals surface area contributed by atoms with Crippen LogP contribution >= 0.6 is 11.3 Å². The molecular formula is C21H20N4O2S. The van der Waals surface area contributed by atoms with Gasteiger partial charge in [0, 0.05) is 41.6 Å². The van der Waals surface area contributed by atoms with Crippen molar-refractivity contribution >= 4 is 49.7 Å². The van der Waals surface area contributed by atoms with Crippen molar-refractivity contribution in [3.05, 3.63) is 53.2 Å². The van der Waals surface area contributed by atoms with Gasteiger partial charge in [-0.1, -0.05) is 0 Å². The van der Waals surface area contributed by atoms with E-state index in [-0.39, 0.29) is 5.91 Å². The highest BCUT2D eigenvalue weighted by molar-refractivity contribution is 7.21. The number of fused-ring (bicyclic) bond motifs is 2. The molecule has 0 bridgehead atoms. The zero-order valence-electron chi connectivity index (χ0n) is 15.4. The number of aryl methyl sites for hydroxylation is 1. The van der Waals surface area contributed by atoms with Gasteiger partial charge < -0.3 is 20.3 Å². The maximum Gasteiger partial charge on any atom is 0.264 e. The Morgan fingerprint density at radius 3 is 3.04 bits per heavy atom. The lowest BCUT2D eigenvalue weighted by Gasteiger charge is -2.13. The Balaban J connectivity index is 1.47. The first-order valence-electron chi connectivity index (χ1n) is 9.29. The third-order valence-electron chi connectivity index (χ3n) is 5.11. The number of amides is 1. The first kappa shape index (κ1) is 17.2. The van der Waals surface area contributed by atoms with Crippen molar-refractivity contribution in [2.24, 2.45) is 0 Å². The quantitative estimate of drug-likeness (QED) is 0.492. The van der Waals surface area contributed by atoms with Crippen molar-refractivity contribution in [3.8, 4) is 0 Å². The Morgan fingerprint density at radius 2 is 2.21 bits per heavy atom. The fraction of sp³-hybridized carbons (Fsp3) is 0.238. The molecular weight excluding hydrogens is 372 g/mol. The Labute approximate surface area is 165 Å². The second-order valence-corrected chi connectivity index (χ2v) is 8.31. The van der Waals surface area contributed by atoms with Crippen LogP contribution in [0.3, 0.4) is 0 Å². The molecule has 142 valence electrons. The number of β-amino-alcohol motifs (C(OH)–C–C–N with tert-alkyl or cyclic N) is 1. The molecule has 28 heavy (non-hydrogen) atoms. The number of hydrogen-bond donors (Lipinski definition) is 3. The number of thiophene rings is 1. The van der Waals surface area contributed by atoms with Crippen LogP contribution in [0.4, 0.5) is 11.4 Å². The van der Waals surface area contributed by atoms with E-state index in [1.807, 2.05) is 25.1 Å². The number of aliphatic hydroxyl groups excluding tert-OH is 1. The predicted molar refractivity (Wildman–Crippen MR) is 112 cm³/mol. The molecule has 4 heterocycles. The number of carbonyl (C=O) groups excluding carboxylic acids is 1. The monoisotopic (exact) mass is 392 g/mol. The fourth-order valence-electron chi connectivity index (χ4n) is 3.74. The van der Waals surface area contributed by atoms with Crippen molar-refractivity contribution in [1.82, 2.24) is 14.9 Å². The van der Waals surface area contributed by atoms with Crippen LogP contribution in [0, 0.1) is 6.92 Å². The van der Waals surface area contributed by atoms with Gasteiger partial charge in [0.15, 0.2) is 0 Å². The minimum absolute atomic E-state index is 0.0327. The second-order valence-electron chi connectivity index (χ2n) is 7.26. The summed E-state index contributed by atoms with van der Waals surface area (Å²) in [6, 6.07) is 12.1. The summed E-state index contributed by atoms with van der Waals surface area (Å²) in [6.45, 7) is 3.05. The molecule has 0 spiro atoms. The van der Waals surface area contributed by atoms with Crippen LogP contribution in [-0.4, -0.2) is 45.1 Å². The Bertz CT molecular complexity index is 1200. The highest BCUT2D eigenvalue weighted by Crippen LogP contribution is 2.34. The first-order chi connectivity index (χ1) is 13.6. The van der Waals surface area contributed by atoms with Gasteiger partial charge in [-0.05, 0) is 49.7 Å². The molecule has 1 saturated heterocycles. The summed E-state index contributed by atoms with van der Waals surface area (Å²) < 4.78 is 0.955. The number of H-pyrrole nitrogens is 1. The Hall–Kier alpha value is -2.90. The molecule has 1 aliphatic rings. The summed E-state index contributed by atoms with van der Waals surface area (Å²) in [6.07, 6.45) is 1.98. The maximum atomic E-state index is 12.8. The van der Waals surface area contributed by atoms with Gasteiger partial charge in [-0.2, -0.15) is 0 Å². The molecule has 0 radical (unpaired) electrons. The SMILES string of the molecule is Cc1cc2cc(Nc3ccnc4cc(C(=O)N5CC[C@@H](O)C5)sc34)ccc2[nH]1. The first-order valence-corrected chi connectivity index (χ1v) is 10.1. The van der Waals surface area contributed by atoms with E-state index in [0.29, 0.717) is 24.4 Å². The van der Waals surface area contributed by atoms with Crippen LogP contribution in [0.5, 0.6) is 0 Å². The van der Waals surface area contributed by atoms with E-state index in [0.717, 1.165) is 38.2 Å². The van der Waals surface area contributed by atoms with Gasteiger partial charge in [0.05, 0.1) is 26.9 Å². The van der Waals surface area contributed by atoms with E-state index in [4.69, 9.17) is 0 Å². The number of aromatic amines is 1. The zero-order chi connectivity index (χ0) is 19.3. The average molecular weight is 392 g/mol. The maximum absolute atomic E-state index is 12.8. The number of nitrogens with one attached hydrogen (secondary N) is 2. The van der Waals surface area contributed by atoms with Gasteiger partial charge in [-0.25, -0.2) is 0 Å². The average Bonchev–Trinajstić information content (AvgIpc) is 3.38. The topological polar surface area (TPSA) is 81.2 Å². The number of pyridine rings is 1. The number of likely N-dealkylation sites (tertiary alicyclic amines) is 1. The third kappa shape index (κ3) is 3.02. The molecule has 5 rings (SSSR count). The molecule has 3 N–H and O–H groups in total. The van der Waals surface area contributed by atoms with Crippen molar-refractivity contribution in [1.29, 1.82) is 0 Å². The molecule has 1 atom stereocenters. The summed E-state index contributed by atoms with van der Waals surface area (Å²) >= 11 is 1.44. The number of hydrogen-bond acceptors (Lipinski definition) is 5. The predicted octanol–water partition coefficient (Wildman–Crippen LogP) is 4.04. The van der Waals surface area contributed by atoms with Gasteiger partial charge >= 0.3 is 0 Å². The number of nitrogens with zero attached hydrogens (tertiary/aromatic N) is 2. The molecule has 1 amide bonds. The highest BCUT2D eigenvalue weighted by Gasteiger charge is 2.26. The molecule has 1 aromatic carbocycles. The van der Waals surface area contributed by atoms with Crippen molar-refractivity contribution < 1.29 is 9.90 Å². The Kier molecular flexibility index (Phi) is 4.07. The molecule has 7 heteroatoms. The number of rotatable bonds is 3. The third-order valence-corrected chi connectivity index (χ3v) is 6.25. The minimum atomic E-state index is -0.416. The van der Waals surface area contributed by atoms with E-state index < -0.39 is 6.10 Å². The smallest absolute Gasteiger partial charge is 0.264 e. The van der Waals surface area contributed by atoms with Gasteiger partial charge in [0.2, 0.25) is 0 Å². The number of benzene rings is 1. The van der Waals surface area contributed by atoms with Gasteiger partial charge in [0.25, 0.3) is 5.91 Å². The van der Waals surface area contributed by atoms with Crippen molar-refractivity contribution in [2.75, 3.05) is 18.4 Å². The largest absolute Gasteiger partial charge is 0.391 e. The van der Waals surface area contributed by atoms with E-state index >= 15 is 0 Å². The van der Waals surface area contributed by atoms with Crippen LogP contribution in [0.15, 0.2) is 42.6 Å². The molecule has 6 nitrogen and oxygen atoms in total. The minimum Gasteiger partial charge on any atom is -0.391 e. The molecule has 1 aliphatic heterocycles. The molecule has 3 aromatic heterocycles. The molecule has 0 saturated carbocycles. The lowest BCUT2D eigenvalue weighted by molar-refractivity contribution is 0.0770. The number of anilines is 2. The normalized spacial score (nSPS) is 16.9. The molecule has 4 aromatic rings. The van der Waals surface area contributed by atoms with Gasteiger partial charge in [-0.3, -0.25) is 9.78 Å². The number of aromatic nitrogens is 2. The van der Waals surface area contributed by atoms with Crippen LogP contribution in [0.25, 0.3) is 21.1 Å². The van der Waals surface area contributed by atoms with E-state index in [2.05, 4.69) is 33.5 Å². The van der Waals surface area contributed by atoms with Gasteiger partial charge in [0.1, 0.15) is 0 Å². The standard InChI is InChI=1S/C21H20N4O2S/c1-12-8-13-9-14(2-3-16(13)23-12)24-17-4-6-22-18-10-19(28-20(17)18)21(27)25-7-5-15(26)11-25/h2-4,6,8-10,15,23,26H,5,7,11H2,1H3,(H,22,24)/t15-/m1/s1. The van der Waals surface area contributed by atoms with Crippen LogP contribution in [-0.2, 0) is 0 Å². The van der Waals surface area contributed by atoms with E-state index in [1.165, 1.54) is 11.3 Å². The zero-order valence-corrected chi connectivity index (χ0v) is 16.2. The lowest BCUT2D eigenvalue weighted by Crippen LogP contribution is -2.28. The molecule has 1 fully saturated rings. The molecule has 0 unspecified atom stereocenters. The Morgan fingerprint density at radius 1 is 1.32 bits per heavy atom. The molecule has 0 aliphatic carbocycles. The van der Waals surface area contributed by atoms with Gasteiger partial charge in [-0.15, -0.1) is 11.3 Å². The number of carbonyl (C=O) groups is 1. The summed E-state index contributed by atoms with van der Waals surface area (Å²) in [4.78, 5) is 22.9. The fourth-order valence-corrected chi connectivity index (χ4v) is 4.79. The van der Waals surface area contributed by atoms with Crippen LogP contribution in [0.1, 0.15) is 21.8 Å². The highest BCUT2D eigenvalue weighted by atomic mass is 32.1. The van der Waals surface area contributed by atoms with E-state index in [1.54, 1.807) is 11.1 Å². The van der Waals surface area contributed by atoms with Crippen molar-refractivity contribution in [2.45, 2.75) is 19.4 Å². The summed E-state index contributed by atoms with van der Waals surface area (Å²) in [5.74, 6) is -0.0327. The second kappa shape index (κ2) is 6.61.